The summed E-state index contributed by atoms with van der Waals surface area (Å²) in [7, 11) is -3.59. The summed E-state index contributed by atoms with van der Waals surface area (Å²) in [5.74, 6) is 0.334. The first kappa shape index (κ1) is 17.5. The third-order valence-corrected chi connectivity index (χ3v) is 7.61. The topological polar surface area (TPSA) is 37.4 Å². The molecule has 0 spiro atoms. The van der Waals surface area contributed by atoms with E-state index < -0.39 is 15.8 Å². The summed E-state index contributed by atoms with van der Waals surface area (Å²) in [4.78, 5) is 0.201. The summed E-state index contributed by atoms with van der Waals surface area (Å²) in [6, 6.07) is 14.0. The molecule has 0 aromatic heterocycles. The van der Waals surface area contributed by atoms with Crippen LogP contribution in [0.2, 0.25) is 0 Å². The van der Waals surface area contributed by atoms with E-state index in [0.29, 0.717) is 23.9 Å². The molecule has 128 valence electrons. The minimum absolute atomic E-state index is 0.201. The minimum Gasteiger partial charge on any atom is -0.207 e. The highest BCUT2D eigenvalue weighted by Crippen LogP contribution is 2.35. The Morgan fingerprint density at radius 3 is 2.58 bits per heavy atom. The van der Waals surface area contributed by atoms with Crippen LogP contribution < -0.4 is 0 Å². The van der Waals surface area contributed by atoms with E-state index in [0.717, 1.165) is 12.2 Å². The first-order valence-electron chi connectivity index (χ1n) is 7.91. The number of hydrogen-bond donors (Lipinski definition) is 0. The minimum atomic E-state index is -3.59. The predicted octanol–water partition coefficient (Wildman–Crippen LogP) is 4.00. The SMILES string of the molecule is Cc1cc(F)ccc1S(=O)(=O)N1CCSC(c2ccccc2)CC1. The van der Waals surface area contributed by atoms with Gasteiger partial charge in [-0.2, -0.15) is 16.1 Å². The zero-order valence-electron chi connectivity index (χ0n) is 13.5. The second-order valence-electron chi connectivity index (χ2n) is 5.87. The van der Waals surface area contributed by atoms with Crippen molar-refractivity contribution in [3.8, 4) is 0 Å². The van der Waals surface area contributed by atoms with Crippen molar-refractivity contribution in [3.63, 3.8) is 0 Å². The van der Waals surface area contributed by atoms with Crippen LogP contribution in [0.5, 0.6) is 0 Å². The summed E-state index contributed by atoms with van der Waals surface area (Å²) in [6.07, 6.45) is 0.772. The van der Waals surface area contributed by atoms with Crippen molar-refractivity contribution >= 4 is 21.8 Å². The molecule has 1 fully saturated rings. The van der Waals surface area contributed by atoms with Gasteiger partial charge in [-0.25, -0.2) is 12.8 Å². The van der Waals surface area contributed by atoms with E-state index in [2.05, 4.69) is 12.1 Å². The van der Waals surface area contributed by atoms with E-state index in [4.69, 9.17) is 0 Å². The van der Waals surface area contributed by atoms with Gasteiger partial charge in [-0.05, 0) is 42.7 Å². The van der Waals surface area contributed by atoms with Gasteiger partial charge in [0.2, 0.25) is 10.0 Å². The van der Waals surface area contributed by atoms with Gasteiger partial charge in [0.25, 0.3) is 0 Å². The Kier molecular flexibility index (Phi) is 5.27. The van der Waals surface area contributed by atoms with E-state index in [1.807, 2.05) is 18.2 Å². The largest absolute Gasteiger partial charge is 0.243 e. The molecule has 1 aliphatic heterocycles. The normalized spacial score (nSPS) is 19.8. The van der Waals surface area contributed by atoms with E-state index in [9.17, 15) is 12.8 Å². The van der Waals surface area contributed by atoms with Crippen molar-refractivity contribution in [1.82, 2.24) is 4.31 Å². The molecule has 1 heterocycles. The highest BCUT2D eigenvalue weighted by molar-refractivity contribution is 7.99. The molecule has 0 saturated carbocycles. The summed E-state index contributed by atoms with van der Waals surface area (Å²) < 4.78 is 40.6. The third-order valence-electron chi connectivity index (χ3n) is 4.23. The number of hydrogen-bond acceptors (Lipinski definition) is 3. The first-order valence-corrected chi connectivity index (χ1v) is 10.4. The van der Waals surface area contributed by atoms with Crippen molar-refractivity contribution in [2.24, 2.45) is 0 Å². The zero-order chi connectivity index (χ0) is 17.2. The zero-order valence-corrected chi connectivity index (χ0v) is 15.1. The Morgan fingerprint density at radius 2 is 1.88 bits per heavy atom. The number of nitrogens with zero attached hydrogens (tertiary/aromatic N) is 1. The molecule has 3 nitrogen and oxygen atoms in total. The van der Waals surface area contributed by atoms with Gasteiger partial charge in [0.15, 0.2) is 0 Å². The van der Waals surface area contributed by atoms with Crippen molar-refractivity contribution < 1.29 is 12.8 Å². The lowest BCUT2D eigenvalue weighted by Crippen LogP contribution is -2.33. The molecule has 24 heavy (non-hydrogen) atoms. The molecule has 2 aromatic rings. The number of halogens is 1. The quantitative estimate of drug-likeness (QED) is 0.825. The third kappa shape index (κ3) is 3.66. The van der Waals surface area contributed by atoms with Crippen molar-refractivity contribution in [2.75, 3.05) is 18.8 Å². The van der Waals surface area contributed by atoms with Crippen LogP contribution in [0.25, 0.3) is 0 Å². The highest BCUT2D eigenvalue weighted by atomic mass is 32.2. The molecule has 0 aliphatic carbocycles. The number of sulfonamides is 1. The molecule has 0 bridgehead atoms. The van der Waals surface area contributed by atoms with Crippen molar-refractivity contribution in [3.05, 3.63) is 65.5 Å². The fraction of sp³-hybridized carbons (Fsp3) is 0.333. The Labute approximate surface area is 146 Å². The van der Waals surface area contributed by atoms with Gasteiger partial charge in [-0.1, -0.05) is 30.3 Å². The number of thioether (sulfide) groups is 1. The van der Waals surface area contributed by atoms with Gasteiger partial charge in [-0.15, -0.1) is 0 Å². The number of aryl methyl sites for hydroxylation is 1. The molecule has 1 unspecified atom stereocenters. The molecule has 6 heteroatoms. The summed E-state index contributed by atoms with van der Waals surface area (Å²) in [6.45, 7) is 2.59. The maximum Gasteiger partial charge on any atom is 0.243 e. The Bertz CT molecular complexity index is 809. The highest BCUT2D eigenvalue weighted by Gasteiger charge is 2.29. The van der Waals surface area contributed by atoms with Gasteiger partial charge in [0, 0.05) is 24.1 Å². The van der Waals surface area contributed by atoms with Gasteiger partial charge >= 0.3 is 0 Å². The first-order chi connectivity index (χ1) is 11.5. The Hall–Kier alpha value is -1.37. The van der Waals surface area contributed by atoms with Gasteiger partial charge in [0.05, 0.1) is 4.90 Å². The second kappa shape index (κ2) is 7.25. The maximum atomic E-state index is 13.3. The average Bonchev–Trinajstić information content (AvgIpc) is 2.82. The van der Waals surface area contributed by atoms with Crippen molar-refractivity contribution in [2.45, 2.75) is 23.5 Å². The summed E-state index contributed by atoms with van der Waals surface area (Å²) in [5, 5.41) is 0.306. The maximum absolute atomic E-state index is 13.3. The molecule has 1 atom stereocenters. The lowest BCUT2D eigenvalue weighted by Gasteiger charge is -2.21. The van der Waals surface area contributed by atoms with Crippen LogP contribution in [0.3, 0.4) is 0 Å². The van der Waals surface area contributed by atoms with Crippen LogP contribution in [0, 0.1) is 12.7 Å². The van der Waals surface area contributed by atoms with Crippen LogP contribution in [0.4, 0.5) is 4.39 Å². The standard InChI is InChI=1S/C18H20FNO2S2/c1-14-13-16(19)7-8-18(14)24(21,22)20-10-9-17(23-12-11-20)15-5-3-2-4-6-15/h2-8,13,17H,9-12H2,1H3. The van der Waals surface area contributed by atoms with E-state index in [1.165, 1.54) is 28.1 Å². The molecule has 0 N–H and O–H groups in total. The van der Waals surface area contributed by atoms with Gasteiger partial charge in [-0.3, -0.25) is 0 Å². The summed E-state index contributed by atoms with van der Waals surface area (Å²) in [5.41, 5.74) is 1.69. The second-order valence-corrected chi connectivity index (χ2v) is 9.09. The van der Waals surface area contributed by atoms with Crippen LogP contribution >= 0.6 is 11.8 Å². The molecule has 2 aromatic carbocycles. The van der Waals surface area contributed by atoms with Crippen LogP contribution in [-0.2, 0) is 10.0 Å². The Morgan fingerprint density at radius 1 is 1.12 bits per heavy atom. The average molecular weight is 365 g/mol. The smallest absolute Gasteiger partial charge is 0.207 e. The van der Waals surface area contributed by atoms with E-state index >= 15 is 0 Å². The fourth-order valence-electron chi connectivity index (χ4n) is 2.97. The molecule has 1 aliphatic rings. The molecule has 3 rings (SSSR count). The Balaban J connectivity index is 1.80. The molecule has 0 radical (unpaired) electrons. The molecule has 0 amide bonds. The van der Waals surface area contributed by atoms with E-state index in [1.54, 1.807) is 18.7 Å². The van der Waals surface area contributed by atoms with Crippen LogP contribution in [-0.4, -0.2) is 31.6 Å². The predicted molar refractivity (Wildman–Crippen MR) is 96.2 cm³/mol. The van der Waals surface area contributed by atoms with Gasteiger partial charge < -0.3 is 0 Å². The van der Waals surface area contributed by atoms with E-state index in [-0.39, 0.29) is 4.90 Å². The van der Waals surface area contributed by atoms with Crippen molar-refractivity contribution in [1.29, 1.82) is 0 Å². The van der Waals surface area contributed by atoms with Crippen LogP contribution in [0.1, 0.15) is 22.8 Å². The lowest BCUT2D eigenvalue weighted by atomic mass is 10.1. The molecular weight excluding hydrogens is 345 g/mol. The monoisotopic (exact) mass is 365 g/mol. The number of rotatable bonds is 3. The summed E-state index contributed by atoms with van der Waals surface area (Å²) >= 11 is 1.79. The molecule has 1 saturated heterocycles. The molecular formula is C18H20FNO2S2. The van der Waals surface area contributed by atoms with Crippen LogP contribution in [0.15, 0.2) is 53.4 Å². The lowest BCUT2D eigenvalue weighted by molar-refractivity contribution is 0.427. The van der Waals surface area contributed by atoms with Gasteiger partial charge in [0.1, 0.15) is 5.82 Å². The number of benzene rings is 2. The fourth-order valence-corrected chi connectivity index (χ4v) is 5.97.